The lowest BCUT2D eigenvalue weighted by molar-refractivity contribution is -0.119. The molecule has 0 aliphatic heterocycles. The van der Waals surface area contributed by atoms with E-state index in [-0.39, 0.29) is 11.8 Å². The van der Waals surface area contributed by atoms with Crippen LogP contribution in [0.5, 0.6) is 0 Å². The van der Waals surface area contributed by atoms with Crippen molar-refractivity contribution < 1.29 is 4.79 Å². The molecule has 1 atom stereocenters. The quantitative estimate of drug-likeness (QED) is 0.820. The zero-order valence-electron chi connectivity index (χ0n) is 10.7. The molecule has 2 rings (SSSR count). The summed E-state index contributed by atoms with van der Waals surface area (Å²) in [6.45, 7) is 3.94. The molecule has 1 aromatic rings. The molecule has 0 heterocycles. The van der Waals surface area contributed by atoms with Crippen molar-refractivity contribution in [3.05, 3.63) is 29.3 Å². The van der Waals surface area contributed by atoms with Gasteiger partial charge in [-0.1, -0.05) is 31.3 Å². The first-order chi connectivity index (χ1) is 8.49. The summed E-state index contributed by atoms with van der Waals surface area (Å²) in [6.07, 6.45) is 2.33. The van der Waals surface area contributed by atoms with Gasteiger partial charge in [-0.25, -0.2) is 0 Å². The van der Waals surface area contributed by atoms with E-state index in [0.29, 0.717) is 10.9 Å². The topological polar surface area (TPSA) is 55.1 Å². The molecule has 3 N–H and O–H groups in total. The number of carbonyl (C=O) groups excluding carboxylic acids is 1. The number of amides is 1. The van der Waals surface area contributed by atoms with Gasteiger partial charge in [-0.2, -0.15) is 0 Å². The van der Waals surface area contributed by atoms with E-state index in [1.807, 2.05) is 32.0 Å². The number of aryl methyl sites for hydroxylation is 1. The molecule has 1 aliphatic rings. The third-order valence-electron chi connectivity index (χ3n) is 3.52. The van der Waals surface area contributed by atoms with Crippen LogP contribution in [0.3, 0.4) is 0 Å². The predicted octanol–water partition coefficient (Wildman–Crippen LogP) is 2.61. The van der Waals surface area contributed by atoms with Gasteiger partial charge in [-0.15, -0.1) is 0 Å². The summed E-state index contributed by atoms with van der Waals surface area (Å²) in [5, 5.41) is 2.97. The van der Waals surface area contributed by atoms with Crippen LogP contribution in [0.1, 0.15) is 30.9 Å². The highest BCUT2D eigenvalue weighted by molar-refractivity contribution is 7.80. The van der Waals surface area contributed by atoms with E-state index in [0.717, 1.165) is 16.8 Å². The number of nitrogens with one attached hydrogen (secondary N) is 1. The Balaban J connectivity index is 2.14. The van der Waals surface area contributed by atoms with E-state index < -0.39 is 0 Å². The van der Waals surface area contributed by atoms with E-state index in [1.54, 1.807) is 0 Å². The lowest BCUT2D eigenvalue weighted by Crippen LogP contribution is -2.22. The van der Waals surface area contributed by atoms with Gasteiger partial charge in [0.05, 0.1) is 0 Å². The first-order valence-electron chi connectivity index (χ1n) is 6.20. The van der Waals surface area contributed by atoms with Gasteiger partial charge in [-0.05, 0) is 37.3 Å². The average molecular weight is 262 g/mol. The van der Waals surface area contributed by atoms with Crippen molar-refractivity contribution in [3.8, 4) is 0 Å². The molecule has 1 aromatic carbocycles. The first kappa shape index (κ1) is 13.0. The minimum atomic E-state index is 0.0814. The van der Waals surface area contributed by atoms with Gasteiger partial charge in [0.15, 0.2) is 0 Å². The number of thiocarbonyl (C=S) groups is 1. The van der Waals surface area contributed by atoms with Gasteiger partial charge in [0, 0.05) is 17.2 Å². The minimum absolute atomic E-state index is 0.0814. The van der Waals surface area contributed by atoms with Crippen LogP contribution in [0, 0.1) is 18.8 Å². The van der Waals surface area contributed by atoms with E-state index in [1.165, 1.54) is 12.8 Å². The molecule has 18 heavy (non-hydrogen) atoms. The lowest BCUT2D eigenvalue weighted by Gasteiger charge is -2.14. The highest BCUT2D eigenvalue weighted by atomic mass is 32.1. The Morgan fingerprint density at radius 1 is 1.50 bits per heavy atom. The monoisotopic (exact) mass is 262 g/mol. The smallest absolute Gasteiger partial charge is 0.227 e. The summed E-state index contributed by atoms with van der Waals surface area (Å²) in [4.78, 5) is 12.4. The SMILES string of the molecule is Cc1ccc(C(N)=S)cc1NC(=O)C(C)C1CC1. The van der Waals surface area contributed by atoms with E-state index >= 15 is 0 Å². The summed E-state index contributed by atoms with van der Waals surface area (Å²) >= 11 is 4.95. The normalized spacial score (nSPS) is 16.1. The van der Waals surface area contributed by atoms with Crippen molar-refractivity contribution in [2.45, 2.75) is 26.7 Å². The standard InChI is InChI=1S/C14H18N2OS/c1-8-3-4-11(13(15)18)7-12(8)16-14(17)9(2)10-5-6-10/h3-4,7,9-10H,5-6H2,1-2H3,(H2,15,18)(H,16,17). The summed E-state index contributed by atoms with van der Waals surface area (Å²) in [6, 6.07) is 5.64. The van der Waals surface area contributed by atoms with Crippen molar-refractivity contribution in [2.75, 3.05) is 5.32 Å². The highest BCUT2D eigenvalue weighted by Crippen LogP contribution is 2.37. The number of rotatable bonds is 4. The summed E-state index contributed by atoms with van der Waals surface area (Å²) in [5.41, 5.74) is 8.21. The van der Waals surface area contributed by atoms with Crippen LogP contribution in [0.2, 0.25) is 0 Å². The van der Waals surface area contributed by atoms with Gasteiger partial charge < -0.3 is 11.1 Å². The molecule has 0 bridgehead atoms. The Morgan fingerprint density at radius 3 is 2.72 bits per heavy atom. The average Bonchev–Trinajstić information content (AvgIpc) is 3.14. The van der Waals surface area contributed by atoms with Crippen molar-refractivity contribution in [1.29, 1.82) is 0 Å². The molecule has 0 saturated heterocycles. The molecule has 1 aliphatic carbocycles. The van der Waals surface area contributed by atoms with Crippen molar-refractivity contribution in [1.82, 2.24) is 0 Å². The second kappa shape index (κ2) is 5.06. The first-order valence-corrected chi connectivity index (χ1v) is 6.61. The van der Waals surface area contributed by atoms with Crippen LogP contribution in [0.4, 0.5) is 5.69 Å². The molecular weight excluding hydrogens is 244 g/mol. The molecule has 0 radical (unpaired) electrons. The molecular formula is C14H18N2OS. The molecule has 0 spiro atoms. The Bertz CT molecular complexity index is 495. The largest absolute Gasteiger partial charge is 0.389 e. The minimum Gasteiger partial charge on any atom is -0.389 e. The number of nitrogens with two attached hydrogens (primary N) is 1. The third kappa shape index (κ3) is 2.88. The Morgan fingerprint density at radius 2 is 2.17 bits per heavy atom. The molecule has 1 fully saturated rings. The Kier molecular flexibility index (Phi) is 3.66. The van der Waals surface area contributed by atoms with Crippen LogP contribution in [0.15, 0.2) is 18.2 Å². The van der Waals surface area contributed by atoms with E-state index in [4.69, 9.17) is 18.0 Å². The maximum atomic E-state index is 12.1. The second-order valence-corrected chi connectivity index (χ2v) is 5.45. The summed E-state index contributed by atoms with van der Waals surface area (Å²) in [5.74, 6) is 0.725. The van der Waals surface area contributed by atoms with Crippen molar-refractivity contribution in [3.63, 3.8) is 0 Å². The fourth-order valence-corrected chi connectivity index (χ4v) is 2.09. The number of carbonyl (C=O) groups is 1. The van der Waals surface area contributed by atoms with E-state index in [9.17, 15) is 4.79 Å². The molecule has 1 unspecified atom stereocenters. The van der Waals surface area contributed by atoms with Gasteiger partial charge in [0.1, 0.15) is 4.99 Å². The summed E-state index contributed by atoms with van der Waals surface area (Å²) < 4.78 is 0. The molecule has 4 heteroatoms. The lowest BCUT2D eigenvalue weighted by atomic mass is 10.0. The molecule has 1 amide bonds. The number of benzene rings is 1. The van der Waals surface area contributed by atoms with Gasteiger partial charge in [-0.3, -0.25) is 4.79 Å². The molecule has 1 saturated carbocycles. The number of hydrogen-bond donors (Lipinski definition) is 2. The predicted molar refractivity (Wildman–Crippen MR) is 77.6 cm³/mol. The van der Waals surface area contributed by atoms with Crippen LogP contribution >= 0.6 is 12.2 Å². The van der Waals surface area contributed by atoms with Gasteiger partial charge in [0.2, 0.25) is 5.91 Å². The van der Waals surface area contributed by atoms with Gasteiger partial charge >= 0.3 is 0 Å². The zero-order chi connectivity index (χ0) is 13.3. The zero-order valence-corrected chi connectivity index (χ0v) is 11.5. The second-order valence-electron chi connectivity index (χ2n) is 5.01. The van der Waals surface area contributed by atoms with Crippen LogP contribution < -0.4 is 11.1 Å². The maximum Gasteiger partial charge on any atom is 0.227 e. The van der Waals surface area contributed by atoms with Crippen molar-refractivity contribution in [2.24, 2.45) is 17.6 Å². The van der Waals surface area contributed by atoms with E-state index in [2.05, 4.69) is 5.32 Å². The third-order valence-corrected chi connectivity index (χ3v) is 3.76. The van der Waals surface area contributed by atoms with Crippen molar-refractivity contribution >= 4 is 28.8 Å². The van der Waals surface area contributed by atoms with Crippen LogP contribution in [-0.2, 0) is 4.79 Å². The Labute approximate surface area is 113 Å². The summed E-state index contributed by atoms with van der Waals surface area (Å²) in [7, 11) is 0. The molecule has 3 nitrogen and oxygen atoms in total. The molecule has 0 aromatic heterocycles. The van der Waals surface area contributed by atoms with Gasteiger partial charge in [0.25, 0.3) is 0 Å². The van der Waals surface area contributed by atoms with Crippen LogP contribution in [-0.4, -0.2) is 10.9 Å². The highest BCUT2D eigenvalue weighted by Gasteiger charge is 2.32. The molecule has 96 valence electrons. The van der Waals surface area contributed by atoms with Crippen LogP contribution in [0.25, 0.3) is 0 Å². The maximum absolute atomic E-state index is 12.1. The number of anilines is 1. The fourth-order valence-electron chi connectivity index (χ4n) is 1.97. The number of hydrogen-bond acceptors (Lipinski definition) is 2. The Hall–Kier alpha value is -1.42. The fraction of sp³-hybridized carbons (Fsp3) is 0.429.